The highest BCUT2D eigenvalue weighted by Crippen LogP contribution is 2.26. The van der Waals surface area contributed by atoms with Crippen LogP contribution in [0.5, 0.6) is 0 Å². The van der Waals surface area contributed by atoms with Crippen LogP contribution in [0.25, 0.3) is 5.82 Å². The van der Waals surface area contributed by atoms with Crippen molar-refractivity contribution in [2.75, 3.05) is 5.32 Å². The number of aromatic nitrogens is 3. The van der Waals surface area contributed by atoms with Gasteiger partial charge in [-0.15, -0.1) is 0 Å². The molecule has 106 valence electrons. The molecule has 0 aliphatic carbocycles. The van der Waals surface area contributed by atoms with Crippen LogP contribution >= 0.6 is 23.2 Å². The minimum atomic E-state index is 0.560. The van der Waals surface area contributed by atoms with Gasteiger partial charge in [0, 0.05) is 18.9 Å². The van der Waals surface area contributed by atoms with E-state index in [0.717, 1.165) is 17.1 Å². The van der Waals surface area contributed by atoms with Crippen molar-refractivity contribution in [1.82, 2.24) is 14.5 Å². The van der Waals surface area contributed by atoms with Crippen LogP contribution < -0.4 is 5.32 Å². The van der Waals surface area contributed by atoms with Crippen molar-refractivity contribution in [2.45, 2.75) is 6.54 Å². The second-order valence-corrected chi connectivity index (χ2v) is 5.23. The second-order valence-electron chi connectivity index (χ2n) is 4.44. The molecule has 2 heterocycles. The van der Waals surface area contributed by atoms with Gasteiger partial charge in [-0.25, -0.2) is 9.97 Å². The smallest absolute Gasteiger partial charge is 0.137 e. The van der Waals surface area contributed by atoms with Crippen LogP contribution in [0.3, 0.4) is 0 Å². The number of hydrogen-bond donors (Lipinski definition) is 1. The first-order valence-corrected chi connectivity index (χ1v) is 7.11. The van der Waals surface area contributed by atoms with E-state index in [-0.39, 0.29) is 0 Å². The van der Waals surface area contributed by atoms with Gasteiger partial charge in [0.05, 0.1) is 21.9 Å². The predicted octanol–water partition coefficient (Wildman–Crippen LogP) is 4.19. The lowest BCUT2D eigenvalue weighted by molar-refractivity contribution is 0.990. The summed E-state index contributed by atoms with van der Waals surface area (Å²) < 4.78 is 1.84. The van der Waals surface area contributed by atoms with E-state index in [4.69, 9.17) is 23.2 Å². The number of imidazole rings is 1. The second kappa shape index (κ2) is 6.16. The van der Waals surface area contributed by atoms with E-state index in [2.05, 4.69) is 15.3 Å². The maximum atomic E-state index is 6.15. The van der Waals surface area contributed by atoms with Crippen molar-refractivity contribution in [3.05, 3.63) is 70.9 Å². The number of pyridine rings is 1. The topological polar surface area (TPSA) is 42.7 Å². The van der Waals surface area contributed by atoms with Gasteiger partial charge < -0.3 is 5.32 Å². The third-order valence-corrected chi connectivity index (χ3v) is 3.89. The highest BCUT2D eigenvalue weighted by Gasteiger charge is 2.04. The van der Waals surface area contributed by atoms with Crippen molar-refractivity contribution in [3.63, 3.8) is 0 Å². The average molecular weight is 319 g/mol. The minimum absolute atomic E-state index is 0.560. The Labute approximate surface area is 132 Å². The van der Waals surface area contributed by atoms with Crippen molar-refractivity contribution in [3.8, 4) is 5.82 Å². The molecule has 0 bridgehead atoms. The summed E-state index contributed by atoms with van der Waals surface area (Å²) in [4.78, 5) is 8.37. The van der Waals surface area contributed by atoms with E-state index >= 15 is 0 Å². The summed E-state index contributed by atoms with van der Waals surface area (Å²) in [5.74, 6) is 0.818. The molecular formula is C15H12Cl2N4. The molecule has 0 saturated heterocycles. The summed E-state index contributed by atoms with van der Waals surface area (Å²) in [6.45, 7) is 0.589. The maximum Gasteiger partial charge on any atom is 0.137 e. The summed E-state index contributed by atoms with van der Waals surface area (Å²) in [5, 5.41) is 4.41. The summed E-state index contributed by atoms with van der Waals surface area (Å²) in [5.41, 5.74) is 1.86. The molecule has 0 spiro atoms. The Hall–Kier alpha value is -2.04. The van der Waals surface area contributed by atoms with E-state index in [9.17, 15) is 0 Å². The molecule has 0 unspecified atom stereocenters. The Bertz CT molecular complexity index is 724. The molecular weight excluding hydrogens is 307 g/mol. The van der Waals surface area contributed by atoms with Gasteiger partial charge in [0.25, 0.3) is 0 Å². The van der Waals surface area contributed by atoms with Gasteiger partial charge in [0.15, 0.2) is 0 Å². The van der Waals surface area contributed by atoms with Crippen LogP contribution in [0.2, 0.25) is 10.0 Å². The molecule has 3 aromatic rings. The first kappa shape index (κ1) is 13.9. The van der Waals surface area contributed by atoms with Gasteiger partial charge in [0.2, 0.25) is 0 Å². The lowest BCUT2D eigenvalue weighted by Gasteiger charge is -2.09. The molecule has 1 N–H and O–H groups in total. The van der Waals surface area contributed by atoms with Gasteiger partial charge in [-0.05, 0) is 23.8 Å². The summed E-state index contributed by atoms with van der Waals surface area (Å²) in [6, 6.07) is 9.47. The molecule has 3 rings (SSSR count). The van der Waals surface area contributed by atoms with E-state index in [0.29, 0.717) is 16.6 Å². The van der Waals surface area contributed by atoms with E-state index < -0.39 is 0 Å². The Balaban J connectivity index is 1.70. The Morgan fingerprint density at radius 1 is 1.14 bits per heavy atom. The summed E-state index contributed by atoms with van der Waals surface area (Å²) in [7, 11) is 0. The summed E-state index contributed by atoms with van der Waals surface area (Å²) in [6.07, 6.45) is 7.05. The summed E-state index contributed by atoms with van der Waals surface area (Å²) >= 11 is 12.1. The largest absolute Gasteiger partial charge is 0.380 e. The van der Waals surface area contributed by atoms with Crippen LogP contribution in [0.1, 0.15) is 5.56 Å². The number of anilines is 1. The van der Waals surface area contributed by atoms with Crippen molar-refractivity contribution in [1.29, 1.82) is 0 Å². The number of halogens is 2. The molecule has 6 heteroatoms. The van der Waals surface area contributed by atoms with Crippen LogP contribution in [-0.4, -0.2) is 14.5 Å². The zero-order valence-electron chi connectivity index (χ0n) is 11.0. The highest BCUT2D eigenvalue weighted by molar-refractivity contribution is 6.42. The lowest BCUT2D eigenvalue weighted by atomic mass is 10.2. The standard InChI is InChI=1S/C15H12Cl2N4/c16-13-3-1-2-11(15(13)17)8-19-12-4-5-14(20-9-12)21-7-6-18-10-21/h1-7,9-10,19H,8H2. The quantitative estimate of drug-likeness (QED) is 0.784. The van der Waals surface area contributed by atoms with Crippen LogP contribution in [-0.2, 0) is 6.54 Å². The normalized spacial score (nSPS) is 10.6. The third kappa shape index (κ3) is 3.17. The van der Waals surface area contributed by atoms with Crippen molar-refractivity contribution >= 4 is 28.9 Å². The molecule has 0 aliphatic heterocycles. The molecule has 0 atom stereocenters. The molecule has 0 aliphatic rings. The molecule has 0 saturated carbocycles. The number of nitrogens with zero attached hydrogens (tertiary/aromatic N) is 3. The van der Waals surface area contributed by atoms with Gasteiger partial charge >= 0.3 is 0 Å². The number of hydrogen-bond acceptors (Lipinski definition) is 3. The SMILES string of the molecule is Clc1cccc(CNc2ccc(-n3ccnc3)nc2)c1Cl. The van der Waals surface area contributed by atoms with E-state index in [1.54, 1.807) is 24.8 Å². The fourth-order valence-electron chi connectivity index (χ4n) is 1.92. The van der Waals surface area contributed by atoms with E-state index in [1.807, 2.05) is 35.0 Å². The fraction of sp³-hybridized carbons (Fsp3) is 0.0667. The molecule has 0 fully saturated rings. The number of nitrogens with one attached hydrogen (secondary N) is 1. The average Bonchev–Trinajstić information content (AvgIpc) is 3.04. The minimum Gasteiger partial charge on any atom is -0.380 e. The van der Waals surface area contributed by atoms with Crippen LogP contribution in [0, 0.1) is 0 Å². The fourth-order valence-corrected chi connectivity index (χ4v) is 2.31. The zero-order chi connectivity index (χ0) is 14.7. The van der Waals surface area contributed by atoms with Crippen LogP contribution in [0.15, 0.2) is 55.2 Å². The predicted molar refractivity (Wildman–Crippen MR) is 85.1 cm³/mol. The maximum absolute atomic E-state index is 6.15. The van der Waals surface area contributed by atoms with E-state index in [1.165, 1.54) is 0 Å². The monoisotopic (exact) mass is 318 g/mol. The first-order chi connectivity index (χ1) is 10.2. The molecule has 4 nitrogen and oxygen atoms in total. The first-order valence-electron chi connectivity index (χ1n) is 6.35. The highest BCUT2D eigenvalue weighted by atomic mass is 35.5. The lowest BCUT2D eigenvalue weighted by Crippen LogP contribution is -2.01. The zero-order valence-corrected chi connectivity index (χ0v) is 12.5. The van der Waals surface area contributed by atoms with Crippen LogP contribution in [0.4, 0.5) is 5.69 Å². The van der Waals surface area contributed by atoms with Gasteiger partial charge in [-0.1, -0.05) is 35.3 Å². The Morgan fingerprint density at radius 2 is 2.05 bits per heavy atom. The molecule has 0 amide bonds. The van der Waals surface area contributed by atoms with Gasteiger partial charge in [0.1, 0.15) is 12.1 Å². The third-order valence-electron chi connectivity index (χ3n) is 3.03. The van der Waals surface area contributed by atoms with Gasteiger partial charge in [-0.2, -0.15) is 0 Å². The Morgan fingerprint density at radius 3 is 2.76 bits per heavy atom. The molecule has 0 radical (unpaired) electrons. The van der Waals surface area contributed by atoms with Crippen molar-refractivity contribution < 1.29 is 0 Å². The number of benzene rings is 1. The van der Waals surface area contributed by atoms with Crippen molar-refractivity contribution in [2.24, 2.45) is 0 Å². The van der Waals surface area contributed by atoms with Gasteiger partial charge in [-0.3, -0.25) is 4.57 Å². The molecule has 21 heavy (non-hydrogen) atoms. The molecule has 1 aromatic carbocycles. The number of rotatable bonds is 4. The molecule has 2 aromatic heterocycles. The Kier molecular flexibility index (Phi) is 4.08.